The first-order valence-electron chi connectivity index (χ1n) is 9.02. The van der Waals surface area contributed by atoms with Crippen LogP contribution >= 0.6 is 11.3 Å². The molecule has 150 valence electrons. The van der Waals surface area contributed by atoms with Crippen LogP contribution in [0.4, 0.5) is 9.52 Å². The van der Waals surface area contributed by atoms with Crippen LogP contribution in [0, 0.1) is 19.8 Å². The molecule has 0 amide bonds. The molecule has 1 saturated heterocycles. The van der Waals surface area contributed by atoms with Crippen molar-refractivity contribution in [2.45, 2.75) is 46.6 Å². The number of hydrogen-bond donors (Lipinski definition) is 2. The maximum atomic E-state index is 13.4. The molecule has 27 heavy (non-hydrogen) atoms. The first kappa shape index (κ1) is 23.0. The summed E-state index contributed by atoms with van der Waals surface area (Å²) in [6.07, 6.45) is 4.53. The van der Waals surface area contributed by atoms with E-state index in [0.717, 1.165) is 35.6 Å². The van der Waals surface area contributed by atoms with Gasteiger partial charge in [-0.15, -0.1) is 0 Å². The molecule has 0 aromatic carbocycles. The molecule has 0 spiro atoms. The average Bonchev–Trinajstić information content (AvgIpc) is 2.96. The average molecular weight is 397 g/mol. The minimum Gasteiger partial charge on any atom is -0.365 e. The lowest BCUT2D eigenvalue weighted by Gasteiger charge is -2.25. The van der Waals surface area contributed by atoms with Gasteiger partial charge in [0.2, 0.25) is 5.95 Å². The minimum absolute atomic E-state index is 0.0729. The number of aromatic amines is 1. The van der Waals surface area contributed by atoms with E-state index in [1.54, 1.807) is 19.2 Å². The van der Waals surface area contributed by atoms with Crippen LogP contribution in [0.25, 0.3) is 0 Å². The highest BCUT2D eigenvalue weighted by Gasteiger charge is 2.16. The standard InChI is InChI=1S/C10H16FN3S.C7H9NO.C2H4O/c1-12-10-13-9(11)8(15-10)7-14-5-3-2-4-6-14;1-5-3-7(9)4-6(2)8-5;1-2-3/h2-7H2,1H3,(H,12,13);3-4H,1-2H3,(H,8,9);2H,1H3. The van der Waals surface area contributed by atoms with Gasteiger partial charge in [-0.1, -0.05) is 17.8 Å². The first-order valence-corrected chi connectivity index (χ1v) is 9.84. The number of nitrogens with one attached hydrogen (secondary N) is 2. The summed E-state index contributed by atoms with van der Waals surface area (Å²) in [5, 5.41) is 3.54. The molecule has 6 nitrogen and oxygen atoms in total. The molecular weight excluding hydrogens is 367 g/mol. The van der Waals surface area contributed by atoms with E-state index < -0.39 is 0 Å². The Hall–Kier alpha value is -2.06. The Bertz CT molecular complexity index is 731. The number of aromatic nitrogens is 2. The highest BCUT2D eigenvalue weighted by molar-refractivity contribution is 7.15. The SMILES string of the molecule is CC=O.CNc1nc(F)c(CN2CCCCC2)s1.Cc1cc(=O)cc(C)[nH]1. The van der Waals surface area contributed by atoms with Crippen LogP contribution in [0.15, 0.2) is 16.9 Å². The molecule has 2 N–H and O–H groups in total. The predicted molar refractivity (Wildman–Crippen MR) is 109 cm³/mol. The monoisotopic (exact) mass is 396 g/mol. The molecule has 8 heteroatoms. The van der Waals surface area contributed by atoms with Crippen LogP contribution in [0.5, 0.6) is 0 Å². The number of hydrogen-bond acceptors (Lipinski definition) is 6. The van der Waals surface area contributed by atoms with Crippen LogP contribution in [-0.2, 0) is 11.3 Å². The van der Waals surface area contributed by atoms with Crippen molar-refractivity contribution in [3.63, 3.8) is 0 Å². The zero-order chi connectivity index (χ0) is 20.2. The van der Waals surface area contributed by atoms with Crippen molar-refractivity contribution < 1.29 is 9.18 Å². The summed E-state index contributed by atoms with van der Waals surface area (Å²) in [5.41, 5.74) is 1.91. The maximum absolute atomic E-state index is 13.4. The fourth-order valence-corrected chi connectivity index (χ4v) is 3.55. The van der Waals surface area contributed by atoms with Gasteiger partial charge in [-0.25, -0.2) is 0 Å². The van der Waals surface area contributed by atoms with Gasteiger partial charge < -0.3 is 15.1 Å². The van der Waals surface area contributed by atoms with Crippen molar-refractivity contribution in [2.75, 3.05) is 25.5 Å². The number of nitrogens with zero attached hydrogens (tertiary/aromatic N) is 2. The summed E-state index contributed by atoms with van der Waals surface area (Å²) in [6, 6.07) is 3.15. The van der Waals surface area contributed by atoms with Crippen molar-refractivity contribution in [3.05, 3.63) is 44.6 Å². The third-order valence-electron chi connectivity index (χ3n) is 3.79. The fraction of sp³-hybridized carbons (Fsp3) is 0.526. The van der Waals surface area contributed by atoms with E-state index in [1.165, 1.54) is 37.5 Å². The zero-order valence-corrected chi connectivity index (χ0v) is 17.3. The molecule has 1 aliphatic heterocycles. The number of thiazole rings is 1. The van der Waals surface area contributed by atoms with Gasteiger partial charge in [0.1, 0.15) is 6.29 Å². The lowest BCUT2D eigenvalue weighted by molar-refractivity contribution is -0.106. The largest absolute Gasteiger partial charge is 0.365 e. The van der Waals surface area contributed by atoms with Crippen LogP contribution in [0.1, 0.15) is 42.5 Å². The summed E-state index contributed by atoms with van der Waals surface area (Å²) >= 11 is 1.41. The Morgan fingerprint density at radius 1 is 1.26 bits per heavy atom. The highest BCUT2D eigenvalue weighted by Crippen LogP contribution is 2.24. The van der Waals surface area contributed by atoms with E-state index in [9.17, 15) is 9.18 Å². The van der Waals surface area contributed by atoms with E-state index in [-0.39, 0.29) is 11.4 Å². The quantitative estimate of drug-likeness (QED) is 0.777. The molecule has 0 atom stereocenters. The number of carbonyl (C=O) groups is 1. The summed E-state index contributed by atoms with van der Waals surface area (Å²) in [6.45, 7) is 8.08. The van der Waals surface area contributed by atoms with Gasteiger partial charge in [0, 0.05) is 37.1 Å². The lowest BCUT2D eigenvalue weighted by atomic mass is 10.1. The fourth-order valence-electron chi connectivity index (χ4n) is 2.71. The number of carbonyl (C=O) groups excluding carboxylic acids is 1. The van der Waals surface area contributed by atoms with Gasteiger partial charge in [0.15, 0.2) is 10.6 Å². The molecule has 3 rings (SSSR count). The van der Waals surface area contributed by atoms with Gasteiger partial charge in [-0.2, -0.15) is 9.37 Å². The molecule has 0 radical (unpaired) electrons. The second kappa shape index (κ2) is 12.3. The zero-order valence-electron chi connectivity index (χ0n) is 16.5. The Labute approximate surface area is 163 Å². The number of piperidine rings is 1. The van der Waals surface area contributed by atoms with E-state index >= 15 is 0 Å². The van der Waals surface area contributed by atoms with Crippen molar-refractivity contribution in [2.24, 2.45) is 0 Å². The van der Waals surface area contributed by atoms with Crippen LogP contribution in [0.3, 0.4) is 0 Å². The van der Waals surface area contributed by atoms with E-state index in [4.69, 9.17) is 4.79 Å². The normalized spacial score (nSPS) is 13.7. The number of likely N-dealkylation sites (tertiary alicyclic amines) is 1. The summed E-state index contributed by atoms with van der Waals surface area (Å²) in [7, 11) is 1.77. The van der Waals surface area contributed by atoms with E-state index in [1.807, 2.05) is 13.8 Å². The summed E-state index contributed by atoms with van der Waals surface area (Å²) < 4.78 is 13.4. The number of pyridine rings is 1. The molecule has 0 aliphatic carbocycles. The summed E-state index contributed by atoms with van der Waals surface area (Å²) in [5.74, 6) is -0.310. The summed E-state index contributed by atoms with van der Waals surface area (Å²) in [4.78, 5) is 29.4. The Morgan fingerprint density at radius 3 is 2.26 bits per heavy atom. The van der Waals surface area contributed by atoms with Gasteiger partial charge in [0.05, 0.1) is 4.88 Å². The number of halogens is 1. The van der Waals surface area contributed by atoms with Gasteiger partial charge in [-0.05, 0) is 46.7 Å². The van der Waals surface area contributed by atoms with E-state index in [2.05, 4.69) is 20.2 Å². The molecule has 1 fully saturated rings. The Balaban J connectivity index is 0.000000259. The van der Waals surface area contributed by atoms with Crippen LogP contribution < -0.4 is 10.7 Å². The van der Waals surface area contributed by atoms with Gasteiger partial charge in [0.25, 0.3) is 0 Å². The number of aldehydes is 1. The molecule has 2 aromatic rings. The third kappa shape index (κ3) is 8.92. The van der Waals surface area contributed by atoms with E-state index in [0.29, 0.717) is 11.7 Å². The Morgan fingerprint density at radius 2 is 1.81 bits per heavy atom. The second-order valence-corrected chi connectivity index (χ2v) is 7.32. The van der Waals surface area contributed by atoms with Crippen molar-refractivity contribution in [3.8, 4) is 0 Å². The number of H-pyrrole nitrogens is 1. The van der Waals surface area contributed by atoms with Crippen molar-refractivity contribution >= 4 is 22.8 Å². The van der Waals surface area contributed by atoms with Crippen molar-refractivity contribution in [1.29, 1.82) is 0 Å². The second-order valence-electron chi connectivity index (χ2n) is 6.24. The molecule has 3 heterocycles. The molecule has 0 bridgehead atoms. The van der Waals surface area contributed by atoms with Gasteiger partial charge in [-0.3, -0.25) is 9.69 Å². The number of anilines is 1. The smallest absolute Gasteiger partial charge is 0.230 e. The Kier molecular flexibility index (Phi) is 10.5. The van der Waals surface area contributed by atoms with Crippen LogP contribution in [-0.4, -0.2) is 41.3 Å². The van der Waals surface area contributed by atoms with Gasteiger partial charge >= 0.3 is 0 Å². The van der Waals surface area contributed by atoms with Crippen molar-refractivity contribution in [1.82, 2.24) is 14.9 Å². The van der Waals surface area contributed by atoms with Crippen LogP contribution in [0.2, 0.25) is 0 Å². The number of rotatable bonds is 3. The first-order chi connectivity index (χ1) is 12.9. The highest BCUT2D eigenvalue weighted by atomic mass is 32.1. The lowest BCUT2D eigenvalue weighted by Crippen LogP contribution is -2.29. The predicted octanol–water partition coefficient (Wildman–Crippen LogP) is 3.51. The molecule has 0 unspecified atom stereocenters. The maximum Gasteiger partial charge on any atom is 0.230 e. The molecule has 0 saturated carbocycles. The number of aryl methyl sites for hydroxylation is 2. The topological polar surface area (TPSA) is 78.1 Å². The molecule has 1 aliphatic rings. The minimum atomic E-state index is -0.310. The molecular formula is C19H29FN4O2S. The third-order valence-corrected chi connectivity index (χ3v) is 4.82. The molecule has 2 aromatic heterocycles.